The van der Waals surface area contributed by atoms with Crippen LogP contribution in [0.25, 0.3) is 11.0 Å². The van der Waals surface area contributed by atoms with Gasteiger partial charge >= 0.3 is 0 Å². The van der Waals surface area contributed by atoms with Gasteiger partial charge in [0, 0.05) is 6.04 Å². The van der Waals surface area contributed by atoms with Gasteiger partial charge in [0.15, 0.2) is 0 Å². The van der Waals surface area contributed by atoms with Crippen molar-refractivity contribution in [2.75, 3.05) is 19.6 Å². The predicted octanol–water partition coefficient (Wildman–Crippen LogP) is 2.97. The summed E-state index contributed by atoms with van der Waals surface area (Å²) in [5, 5.41) is 3.11. The van der Waals surface area contributed by atoms with E-state index in [9.17, 15) is 4.79 Å². The summed E-state index contributed by atoms with van der Waals surface area (Å²) in [6.07, 6.45) is 2.11. The molecule has 1 atom stereocenters. The second kappa shape index (κ2) is 8.83. The van der Waals surface area contributed by atoms with Crippen LogP contribution in [0.4, 0.5) is 0 Å². The molecule has 5 nitrogen and oxygen atoms in total. The Hall–Kier alpha value is -1.88. The lowest BCUT2D eigenvalue weighted by Gasteiger charge is -2.20. The van der Waals surface area contributed by atoms with E-state index in [-0.39, 0.29) is 11.9 Å². The minimum Gasteiger partial charge on any atom is -0.352 e. The molecule has 132 valence electrons. The van der Waals surface area contributed by atoms with Gasteiger partial charge < -0.3 is 14.8 Å². The van der Waals surface area contributed by atoms with E-state index < -0.39 is 0 Å². The van der Waals surface area contributed by atoms with Crippen LogP contribution in [0.2, 0.25) is 0 Å². The number of imidazole rings is 1. The standard InChI is InChI=1S/C19H30N4O/c1-5-22(6-2)13-9-10-15(3)20-19(24)14-23-16(4)21-17-11-7-8-12-18(17)23/h7-8,11-12,15H,5-6,9-10,13-14H2,1-4H3,(H,20,24)/t15-/m1/s1. The highest BCUT2D eigenvalue weighted by Gasteiger charge is 2.12. The van der Waals surface area contributed by atoms with Gasteiger partial charge in [-0.15, -0.1) is 0 Å². The summed E-state index contributed by atoms with van der Waals surface area (Å²) in [6, 6.07) is 8.14. The zero-order valence-electron chi connectivity index (χ0n) is 15.4. The van der Waals surface area contributed by atoms with Gasteiger partial charge in [0.1, 0.15) is 12.4 Å². The van der Waals surface area contributed by atoms with Crippen molar-refractivity contribution in [3.8, 4) is 0 Å². The summed E-state index contributed by atoms with van der Waals surface area (Å²) in [5.74, 6) is 0.928. The molecule has 0 fully saturated rings. The third-order valence-electron chi connectivity index (χ3n) is 4.56. The Morgan fingerprint density at radius 2 is 2.00 bits per heavy atom. The molecule has 1 heterocycles. The molecule has 1 amide bonds. The molecule has 1 aromatic heterocycles. The SMILES string of the molecule is CCN(CC)CCC[C@@H](C)NC(=O)Cn1c(C)nc2ccccc21. The highest BCUT2D eigenvalue weighted by Crippen LogP contribution is 2.15. The number of amides is 1. The summed E-state index contributed by atoms with van der Waals surface area (Å²) in [7, 11) is 0. The number of benzene rings is 1. The molecular weight excluding hydrogens is 300 g/mol. The second-order valence-electron chi connectivity index (χ2n) is 6.37. The normalized spacial score (nSPS) is 12.7. The molecule has 2 rings (SSSR count). The summed E-state index contributed by atoms with van der Waals surface area (Å²) >= 11 is 0. The Morgan fingerprint density at radius 3 is 2.71 bits per heavy atom. The molecule has 1 N–H and O–H groups in total. The summed E-state index contributed by atoms with van der Waals surface area (Å²) in [5.41, 5.74) is 1.95. The number of hydrogen-bond donors (Lipinski definition) is 1. The fourth-order valence-electron chi connectivity index (χ4n) is 3.09. The van der Waals surface area contributed by atoms with Gasteiger partial charge in [-0.3, -0.25) is 4.79 Å². The van der Waals surface area contributed by atoms with E-state index in [1.165, 1.54) is 0 Å². The van der Waals surface area contributed by atoms with Gasteiger partial charge in [-0.2, -0.15) is 0 Å². The topological polar surface area (TPSA) is 50.2 Å². The summed E-state index contributed by atoms with van der Waals surface area (Å²) in [4.78, 5) is 19.3. The molecule has 0 spiro atoms. The molecule has 2 aromatic rings. The largest absolute Gasteiger partial charge is 0.352 e. The van der Waals surface area contributed by atoms with Crippen molar-refractivity contribution in [1.82, 2.24) is 19.8 Å². The van der Waals surface area contributed by atoms with Crippen LogP contribution >= 0.6 is 0 Å². The second-order valence-corrected chi connectivity index (χ2v) is 6.37. The van der Waals surface area contributed by atoms with Crippen LogP contribution in [0.3, 0.4) is 0 Å². The van der Waals surface area contributed by atoms with E-state index in [0.29, 0.717) is 6.54 Å². The van der Waals surface area contributed by atoms with Gasteiger partial charge in [0.05, 0.1) is 11.0 Å². The van der Waals surface area contributed by atoms with Crippen LogP contribution in [0, 0.1) is 6.92 Å². The third kappa shape index (κ3) is 4.81. The number of aromatic nitrogens is 2. The molecule has 1 aromatic carbocycles. The van der Waals surface area contributed by atoms with Crippen LogP contribution in [0.1, 0.15) is 39.4 Å². The molecule has 0 unspecified atom stereocenters. The monoisotopic (exact) mass is 330 g/mol. The first kappa shape index (κ1) is 18.5. The average Bonchev–Trinajstić information content (AvgIpc) is 2.87. The minimum atomic E-state index is 0.0524. The maximum Gasteiger partial charge on any atom is 0.240 e. The quantitative estimate of drug-likeness (QED) is 0.769. The van der Waals surface area contributed by atoms with E-state index in [0.717, 1.165) is 49.3 Å². The maximum atomic E-state index is 12.4. The first-order valence-corrected chi connectivity index (χ1v) is 8.98. The lowest BCUT2D eigenvalue weighted by atomic mass is 10.1. The molecule has 0 saturated carbocycles. The zero-order valence-corrected chi connectivity index (χ0v) is 15.4. The van der Waals surface area contributed by atoms with Crippen LogP contribution in [0.15, 0.2) is 24.3 Å². The van der Waals surface area contributed by atoms with Gasteiger partial charge in [0.25, 0.3) is 0 Å². The molecular formula is C19H30N4O. The Labute approximate surface area is 145 Å². The predicted molar refractivity (Wildman–Crippen MR) is 99.1 cm³/mol. The number of carbonyl (C=O) groups excluding carboxylic acids is 1. The number of aryl methyl sites for hydroxylation is 1. The first-order valence-electron chi connectivity index (χ1n) is 8.98. The van der Waals surface area contributed by atoms with Gasteiger partial charge in [0.2, 0.25) is 5.91 Å². The van der Waals surface area contributed by atoms with Crippen molar-refractivity contribution in [3.63, 3.8) is 0 Å². The molecule has 0 aliphatic carbocycles. The summed E-state index contributed by atoms with van der Waals surface area (Å²) < 4.78 is 1.98. The summed E-state index contributed by atoms with van der Waals surface area (Å²) in [6.45, 7) is 12.0. The Balaban J connectivity index is 1.85. The Kier molecular flexibility index (Phi) is 6.79. The van der Waals surface area contributed by atoms with Crippen LogP contribution in [0.5, 0.6) is 0 Å². The van der Waals surface area contributed by atoms with Crippen molar-refractivity contribution in [2.45, 2.75) is 53.1 Å². The van der Waals surface area contributed by atoms with E-state index in [2.05, 4.69) is 36.0 Å². The highest BCUT2D eigenvalue weighted by molar-refractivity contribution is 5.81. The van der Waals surface area contributed by atoms with E-state index in [1.54, 1.807) is 0 Å². The minimum absolute atomic E-state index is 0.0524. The highest BCUT2D eigenvalue weighted by atomic mass is 16.2. The average molecular weight is 330 g/mol. The lowest BCUT2D eigenvalue weighted by molar-refractivity contribution is -0.122. The smallest absolute Gasteiger partial charge is 0.240 e. The molecule has 0 aliphatic heterocycles. The maximum absolute atomic E-state index is 12.4. The number of rotatable bonds is 9. The molecule has 0 aliphatic rings. The Bertz CT molecular complexity index is 660. The van der Waals surface area contributed by atoms with Crippen molar-refractivity contribution >= 4 is 16.9 Å². The molecule has 0 saturated heterocycles. The van der Waals surface area contributed by atoms with Crippen molar-refractivity contribution in [2.24, 2.45) is 0 Å². The van der Waals surface area contributed by atoms with Crippen molar-refractivity contribution < 1.29 is 4.79 Å². The fraction of sp³-hybridized carbons (Fsp3) is 0.579. The zero-order chi connectivity index (χ0) is 17.5. The van der Waals surface area contributed by atoms with Crippen LogP contribution in [-0.4, -0.2) is 46.0 Å². The Morgan fingerprint density at radius 1 is 1.29 bits per heavy atom. The molecule has 5 heteroatoms. The van der Waals surface area contributed by atoms with Gasteiger partial charge in [-0.1, -0.05) is 26.0 Å². The van der Waals surface area contributed by atoms with Crippen molar-refractivity contribution in [3.05, 3.63) is 30.1 Å². The molecule has 24 heavy (non-hydrogen) atoms. The van der Waals surface area contributed by atoms with Crippen LogP contribution < -0.4 is 5.32 Å². The molecule has 0 bridgehead atoms. The fourth-order valence-corrected chi connectivity index (χ4v) is 3.09. The van der Waals surface area contributed by atoms with E-state index in [4.69, 9.17) is 0 Å². The van der Waals surface area contributed by atoms with E-state index >= 15 is 0 Å². The van der Waals surface area contributed by atoms with E-state index in [1.807, 2.05) is 35.8 Å². The number of hydrogen-bond acceptors (Lipinski definition) is 3. The lowest BCUT2D eigenvalue weighted by Crippen LogP contribution is -2.36. The molecule has 0 radical (unpaired) electrons. The van der Waals surface area contributed by atoms with Crippen molar-refractivity contribution in [1.29, 1.82) is 0 Å². The first-order chi connectivity index (χ1) is 11.5. The number of carbonyl (C=O) groups is 1. The van der Waals surface area contributed by atoms with Gasteiger partial charge in [-0.05, 0) is 58.5 Å². The number of nitrogens with zero attached hydrogens (tertiary/aromatic N) is 3. The third-order valence-corrected chi connectivity index (χ3v) is 4.56. The number of para-hydroxylation sites is 2. The number of nitrogens with one attached hydrogen (secondary N) is 1. The number of fused-ring (bicyclic) bond motifs is 1. The van der Waals surface area contributed by atoms with Crippen LogP contribution in [-0.2, 0) is 11.3 Å². The van der Waals surface area contributed by atoms with Gasteiger partial charge in [-0.25, -0.2) is 4.98 Å².